The van der Waals surface area contributed by atoms with Crippen molar-refractivity contribution in [1.29, 1.82) is 0 Å². The summed E-state index contributed by atoms with van der Waals surface area (Å²) in [6, 6.07) is 10.5. The third-order valence-corrected chi connectivity index (χ3v) is 3.84. The van der Waals surface area contributed by atoms with Crippen molar-refractivity contribution in [2.24, 2.45) is 0 Å². The van der Waals surface area contributed by atoms with Gasteiger partial charge in [-0.3, -0.25) is 0 Å². The molecule has 1 aliphatic rings. The molecule has 0 amide bonds. The molecule has 1 fully saturated rings. The third-order valence-electron chi connectivity index (χ3n) is 2.89. The summed E-state index contributed by atoms with van der Waals surface area (Å²) >= 11 is 0. The molecule has 16 heavy (non-hydrogen) atoms. The van der Waals surface area contributed by atoms with Gasteiger partial charge in [0.2, 0.25) is 0 Å². The van der Waals surface area contributed by atoms with Crippen LogP contribution in [0.15, 0.2) is 30.3 Å². The number of rotatable bonds is 4. The molecule has 1 aromatic carbocycles. The van der Waals surface area contributed by atoms with Crippen LogP contribution >= 0.6 is 0 Å². The number of ether oxygens (including phenoxy) is 1. The van der Waals surface area contributed by atoms with Gasteiger partial charge in [0.1, 0.15) is 0 Å². The summed E-state index contributed by atoms with van der Waals surface area (Å²) in [4.78, 5) is 0. The van der Waals surface area contributed by atoms with Crippen LogP contribution in [0, 0.1) is 0 Å². The Hall–Kier alpha value is -0.643. The van der Waals surface area contributed by atoms with Gasteiger partial charge in [-0.15, -0.1) is 0 Å². The van der Waals surface area contributed by atoms with Gasteiger partial charge >= 0.3 is 0 Å². The van der Waals surface area contributed by atoms with Gasteiger partial charge in [-0.1, -0.05) is 30.3 Å². The number of hydrogen-bond acceptors (Lipinski definition) is 2. The van der Waals surface area contributed by atoms with Crippen molar-refractivity contribution in [3.05, 3.63) is 35.9 Å². The Bertz CT molecular complexity index is 358. The molecule has 0 spiro atoms. The fourth-order valence-electron chi connectivity index (χ4n) is 2.18. The maximum Gasteiger partial charge on any atom is 0.187 e. The van der Waals surface area contributed by atoms with Crippen molar-refractivity contribution in [2.45, 2.75) is 37.8 Å². The SMILES string of the molecule is CO[C@@]1(O[Si](C)(C)C)C[C@H]1c1ccccc1. The fourth-order valence-corrected chi connectivity index (χ4v) is 3.53. The van der Waals surface area contributed by atoms with E-state index in [9.17, 15) is 0 Å². The van der Waals surface area contributed by atoms with E-state index in [0.717, 1.165) is 6.42 Å². The van der Waals surface area contributed by atoms with Gasteiger partial charge in [-0.25, -0.2) is 0 Å². The first kappa shape index (κ1) is 11.8. The van der Waals surface area contributed by atoms with Gasteiger partial charge in [0.05, 0.1) is 0 Å². The van der Waals surface area contributed by atoms with Gasteiger partial charge < -0.3 is 9.16 Å². The van der Waals surface area contributed by atoms with E-state index in [2.05, 4.69) is 43.9 Å². The Labute approximate surface area is 98.7 Å². The van der Waals surface area contributed by atoms with Crippen molar-refractivity contribution < 1.29 is 9.16 Å². The zero-order valence-electron chi connectivity index (χ0n) is 10.5. The quantitative estimate of drug-likeness (QED) is 0.589. The molecule has 0 aromatic heterocycles. The first-order valence-corrected chi connectivity index (χ1v) is 9.18. The topological polar surface area (TPSA) is 18.5 Å². The Kier molecular flexibility index (Phi) is 2.95. The average molecular weight is 236 g/mol. The van der Waals surface area contributed by atoms with Crippen molar-refractivity contribution in [3.63, 3.8) is 0 Å². The Balaban J connectivity index is 2.12. The van der Waals surface area contributed by atoms with Crippen molar-refractivity contribution in [2.75, 3.05) is 7.11 Å². The van der Waals surface area contributed by atoms with E-state index in [1.807, 2.05) is 6.07 Å². The fraction of sp³-hybridized carbons (Fsp3) is 0.538. The molecule has 0 heterocycles. The lowest BCUT2D eigenvalue weighted by Crippen LogP contribution is -2.35. The summed E-state index contributed by atoms with van der Waals surface area (Å²) in [6.45, 7) is 6.61. The lowest BCUT2D eigenvalue weighted by molar-refractivity contribution is -0.0904. The second-order valence-corrected chi connectivity index (χ2v) is 9.83. The molecule has 2 atom stereocenters. The Morgan fingerprint density at radius 2 is 1.81 bits per heavy atom. The van der Waals surface area contributed by atoms with E-state index in [1.165, 1.54) is 5.56 Å². The van der Waals surface area contributed by atoms with E-state index in [0.29, 0.717) is 5.92 Å². The summed E-state index contributed by atoms with van der Waals surface area (Å²) in [5.74, 6) is 0.0664. The second kappa shape index (κ2) is 3.98. The smallest absolute Gasteiger partial charge is 0.187 e. The monoisotopic (exact) mass is 236 g/mol. The van der Waals surface area contributed by atoms with Crippen LogP contribution in [0.2, 0.25) is 19.6 Å². The van der Waals surface area contributed by atoms with Gasteiger partial charge in [0.25, 0.3) is 0 Å². The molecule has 1 aromatic rings. The lowest BCUT2D eigenvalue weighted by atomic mass is 10.1. The standard InChI is InChI=1S/C13H20O2Si/c1-14-13(15-16(2,3)4)10-12(13)11-8-6-5-7-9-11/h5-9,12H,10H2,1-4H3/t12-,13+/m0/s1. The second-order valence-electron chi connectivity index (χ2n) is 5.40. The molecule has 0 unspecified atom stereocenters. The highest BCUT2D eigenvalue weighted by atomic mass is 28.4. The van der Waals surface area contributed by atoms with E-state index in [1.54, 1.807) is 7.11 Å². The first-order chi connectivity index (χ1) is 7.47. The highest BCUT2D eigenvalue weighted by molar-refractivity contribution is 6.69. The van der Waals surface area contributed by atoms with Gasteiger partial charge in [0, 0.05) is 19.4 Å². The van der Waals surface area contributed by atoms with E-state index < -0.39 is 8.32 Å². The summed E-state index contributed by atoms with van der Waals surface area (Å²) in [5.41, 5.74) is 1.32. The van der Waals surface area contributed by atoms with Crippen LogP contribution in [0.1, 0.15) is 17.9 Å². The average Bonchev–Trinajstić information content (AvgIpc) is 2.92. The molecule has 3 heteroatoms. The number of methoxy groups -OCH3 is 1. The van der Waals surface area contributed by atoms with Gasteiger partial charge in [-0.2, -0.15) is 0 Å². The molecule has 88 valence electrons. The minimum absolute atomic E-state index is 0.341. The van der Waals surface area contributed by atoms with Crippen LogP contribution in [0.4, 0.5) is 0 Å². The predicted octanol–water partition coefficient (Wildman–Crippen LogP) is 3.37. The molecule has 1 saturated carbocycles. The van der Waals surface area contributed by atoms with Crippen molar-refractivity contribution in [3.8, 4) is 0 Å². The lowest BCUT2D eigenvalue weighted by Gasteiger charge is -2.26. The Morgan fingerprint density at radius 3 is 2.31 bits per heavy atom. The maximum absolute atomic E-state index is 6.17. The molecule has 2 nitrogen and oxygen atoms in total. The molecule has 2 rings (SSSR count). The normalized spacial score (nSPS) is 29.1. The highest BCUT2D eigenvalue weighted by Crippen LogP contribution is 2.55. The third kappa shape index (κ3) is 2.37. The summed E-state index contributed by atoms with van der Waals surface area (Å²) in [6.07, 6.45) is 0.984. The first-order valence-electron chi connectivity index (χ1n) is 5.77. The zero-order chi connectivity index (χ0) is 11.8. The van der Waals surface area contributed by atoms with Crippen LogP contribution < -0.4 is 0 Å². The van der Waals surface area contributed by atoms with Gasteiger partial charge in [0.15, 0.2) is 14.1 Å². The van der Waals surface area contributed by atoms with E-state index in [4.69, 9.17) is 9.16 Å². The van der Waals surface area contributed by atoms with Gasteiger partial charge in [-0.05, 0) is 25.2 Å². The summed E-state index contributed by atoms with van der Waals surface area (Å²) < 4.78 is 11.8. The largest absolute Gasteiger partial charge is 0.390 e. The van der Waals surface area contributed by atoms with Crippen LogP contribution in [-0.4, -0.2) is 21.2 Å². The van der Waals surface area contributed by atoms with Crippen molar-refractivity contribution >= 4 is 8.32 Å². The van der Waals surface area contributed by atoms with Crippen molar-refractivity contribution in [1.82, 2.24) is 0 Å². The van der Waals surface area contributed by atoms with E-state index in [-0.39, 0.29) is 5.79 Å². The minimum Gasteiger partial charge on any atom is -0.390 e. The predicted molar refractivity (Wildman–Crippen MR) is 68.0 cm³/mol. The summed E-state index contributed by atoms with van der Waals surface area (Å²) in [7, 11) is 0.202. The van der Waals surface area contributed by atoms with Crippen LogP contribution in [0.5, 0.6) is 0 Å². The zero-order valence-corrected chi connectivity index (χ0v) is 11.5. The molecule has 0 aliphatic heterocycles. The molecule has 1 aliphatic carbocycles. The molecule has 0 N–H and O–H groups in total. The molecule has 0 bridgehead atoms. The molecule has 0 radical (unpaired) electrons. The number of hydrogen-bond donors (Lipinski definition) is 0. The number of benzene rings is 1. The molecule has 0 saturated heterocycles. The van der Waals surface area contributed by atoms with E-state index >= 15 is 0 Å². The maximum atomic E-state index is 6.17. The van der Waals surface area contributed by atoms with Crippen LogP contribution in [0.25, 0.3) is 0 Å². The summed E-state index contributed by atoms with van der Waals surface area (Å²) in [5, 5.41) is 0. The Morgan fingerprint density at radius 1 is 1.19 bits per heavy atom. The van der Waals surface area contributed by atoms with Crippen LogP contribution in [-0.2, 0) is 9.16 Å². The molecular weight excluding hydrogens is 216 g/mol. The minimum atomic E-state index is -1.55. The van der Waals surface area contributed by atoms with Crippen LogP contribution in [0.3, 0.4) is 0 Å². The highest BCUT2D eigenvalue weighted by Gasteiger charge is 2.58. The molecular formula is C13H20O2Si.